The quantitative estimate of drug-likeness (QED) is 0.675. The van der Waals surface area contributed by atoms with E-state index in [1.807, 2.05) is 26.1 Å². The van der Waals surface area contributed by atoms with Gasteiger partial charge < -0.3 is 5.32 Å². The van der Waals surface area contributed by atoms with Gasteiger partial charge in [0.15, 0.2) is 0 Å². The summed E-state index contributed by atoms with van der Waals surface area (Å²) in [4.78, 5) is 22.1. The van der Waals surface area contributed by atoms with Crippen LogP contribution in [0.3, 0.4) is 0 Å². The molecule has 7 nitrogen and oxygen atoms in total. The van der Waals surface area contributed by atoms with E-state index in [-0.39, 0.29) is 17.6 Å². The Morgan fingerprint density at radius 1 is 1.38 bits per heavy atom. The first-order valence-corrected chi connectivity index (χ1v) is 6.60. The van der Waals surface area contributed by atoms with Crippen LogP contribution in [0.5, 0.6) is 0 Å². The third kappa shape index (κ3) is 3.44. The summed E-state index contributed by atoms with van der Waals surface area (Å²) in [6, 6.07) is 7.11. The van der Waals surface area contributed by atoms with E-state index in [4.69, 9.17) is 0 Å². The molecule has 0 spiro atoms. The molecular formula is C14H16N4O3. The minimum atomic E-state index is -0.498. The molecule has 0 bridgehead atoms. The number of amides is 1. The van der Waals surface area contributed by atoms with E-state index in [0.29, 0.717) is 5.56 Å². The first kappa shape index (κ1) is 14.7. The summed E-state index contributed by atoms with van der Waals surface area (Å²) in [6.45, 7) is 4.59. The average Bonchev–Trinajstić information content (AvgIpc) is 2.96. The van der Waals surface area contributed by atoms with Crippen LogP contribution in [-0.4, -0.2) is 20.6 Å². The number of aryl methyl sites for hydroxylation is 1. The lowest BCUT2D eigenvalue weighted by Crippen LogP contribution is -2.27. The molecule has 0 saturated carbocycles. The topological polar surface area (TPSA) is 90.1 Å². The molecule has 1 heterocycles. The second-order valence-corrected chi connectivity index (χ2v) is 4.60. The molecule has 7 heteroatoms. The van der Waals surface area contributed by atoms with Crippen LogP contribution >= 0.6 is 0 Å². The molecular weight excluding hydrogens is 272 g/mol. The third-order valence-corrected chi connectivity index (χ3v) is 3.12. The molecule has 2 rings (SSSR count). The molecule has 21 heavy (non-hydrogen) atoms. The molecule has 0 aliphatic rings. The minimum Gasteiger partial charge on any atom is -0.344 e. The van der Waals surface area contributed by atoms with E-state index < -0.39 is 4.92 Å². The molecule has 1 unspecified atom stereocenters. The van der Waals surface area contributed by atoms with Gasteiger partial charge in [-0.3, -0.25) is 19.6 Å². The highest BCUT2D eigenvalue weighted by molar-refractivity contribution is 5.94. The highest BCUT2D eigenvalue weighted by Gasteiger charge is 2.14. The number of rotatable bonds is 5. The van der Waals surface area contributed by atoms with Crippen molar-refractivity contribution in [2.45, 2.75) is 26.4 Å². The largest absolute Gasteiger partial charge is 0.344 e. The average molecular weight is 288 g/mol. The van der Waals surface area contributed by atoms with Gasteiger partial charge in [0.2, 0.25) is 0 Å². The van der Waals surface area contributed by atoms with Gasteiger partial charge in [-0.25, -0.2) is 0 Å². The number of nitrogens with zero attached hydrogens (tertiary/aromatic N) is 3. The Labute approximate surface area is 121 Å². The van der Waals surface area contributed by atoms with Gasteiger partial charge in [-0.2, -0.15) is 5.10 Å². The SMILES string of the molecule is CCn1ccc(C(C)NC(=O)c2ccc([N+](=O)[O-])cc2)n1. The fourth-order valence-corrected chi connectivity index (χ4v) is 1.87. The Balaban J connectivity index is 2.04. The van der Waals surface area contributed by atoms with E-state index in [1.165, 1.54) is 24.3 Å². The number of carbonyl (C=O) groups excluding carboxylic acids is 1. The van der Waals surface area contributed by atoms with Gasteiger partial charge in [-0.1, -0.05) is 0 Å². The van der Waals surface area contributed by atoms with Gasteiger partial charge in [-0.15, -0.1) is 0 Å². The zero-order valence-electron chi connectivity index (χ0n) is 11.8. The maximum Gasteiger partial charge on any atom is 0.269 e. The van der Waals surface area contributed by atoms with Crippen LogP contribution in [0, 0.1) is 10.1 Å². The Morgan fingerprint density at radius 2 is 2.05 bits per heavy atom. The van der Waals surface area contributed by atoms with E-state index in [0.717, 1.165) is 12.2 Å². The van der Waals surface area contributed by atoms with Crippen LogP contribution in [-0.2, 0) is 6.54 Å². The van der Waals surface area contributed by atoms with Crippen LogP contribution in [0.1, 0.15) is 35.9 Å². The molecule has 1 amide bonds. The number of hydrogen-bond donors (Lipinski definition) is 1. The standard InChI is InChI=1S/C14H16N4O3/c1-3-17-9-8-13(16-17)10(2)15-14(19)11-4-6-12(7-5-11)18(20)21/h4-10H,3H2,1-2H3,(H,15,19). The molecule has 110 valence electrons. The summed E-state index contributed by atoms with van der Waals surface area (Å²) in [5.74, 6) is -0.288. The molecule has 2 aromatic rings. The second-order valence-electron chi connectivity index (χ2n) is 4.60. The fourth-order valence-electron chi connectivity index (χ4n) is 1.87. The summed E-state index contributed by atoms with van der Waals surface area (Å²) < 4.78 is 1.78. The molecule has 0 aliphatic carbocycles. The van der Waals surface area contributed by atoms with Crippen molar-refractivity contribution in [3.63, 3.8) is 0 Å². The number of aromatic nitrogens is 2. The summed E-state index contributed by atoms with van der Waals surface area (Å²) in [5.41, 5.74) is 1.11. The maximum absolute atomic E-state index is 12.1. The van der Waals surface area contributed by atoms with Gasteiger partial charge in [0.05, 0.1) is 16.7 Å². The summed E-state index contributed by atoms with van der Waals surface area (Å²) >= 11 is 0. The Bertz CT molecular complexity index is 648. The highest BCUT2D eigenvalue weighted by Crippen LogP contribution is 2.14. The second kappa shape index (κ2) is 6.17. The molecule has 1 N–H and O–H groups in total. The molecule has 0 aliphatic heterocycles. The van der Waals surface area contributed by atoms with E-state index in [9.17, 15) is 14.9 Å². The van der Waals surface area contributed by atoms with Crippen molar-refractivity contribution in [2.24, 2.45) is 0 Å². The first-order valence-electron chi connectivity index (χ1n) is 6.60. The highest BCUT2D eigenvalue weighted by atomic mass is 16.6. The molecule has 1 aromatic carbocycles. The lowest BCUT2D eigenvalue weighted by molar-refractivity contribution is -0.384. The lowest BCUT2D eigenvalue weighted by Gasteiger charge is -2.11. The normalized spacial score (nSPS) is 11.9. The molecule has 0 fully saturated rings. The minimum absolute atomic E-state index is 0.0405. The Morgan fingerprint density at radius 3 is 2.57 bits per heavy atom. The van der Waals surface area contributed by atoms with Gasteiger partial charge in [0.25, 0.3) is 11.6 Å². The van der Waals surface area contributed by atoms with E-state index in [2.05, 4.69) is 10.4 Å². The van der Waals surface area contributed by atoms with Gasteiger partial charge in [-0.05, 0) is 32.0 Å². The van der Waals surface area contributed by atoms with Crippen LogP contribution in [0.2, 0.25) is 0 Å². The molecule has 1 aromatic heterocycles. The van der Waals surface area contributed by atoms with Crippen molar-refractivity contribution in [3.05, 3.63) is 57.9 Å². The van der Waals surface area contributed by atoms with Crippen LogP contribution < -0.4 is 5.32 Å². The summed E-state index contributed by atoms with van der Waals surface area (Å²) in [5, 5.41) is 17.7. The zero-order valence-corrected chi connectivity index (χ0v) is 11.8. The number of nitrogens with one attached hydrogen (secondary N) is 1. The van der Waals surface area contributed by atoms with Gasteiger partial charge in [0, 0.05) is 30.4 Å². The van der Waals surface area contributed by atoms with E-state index >= 15 is 0 Å². The van der Waals surface area contributed by atoms with Crippen LogP contribution in [0.4, 0.5) is 5.69 Å². The number of carbonyl (C=O) groups is 1. The smallest absolute Gasteiger partial charge is 0.269 e. The van der Waals surface area contributed by atoms with Crippen LogP contribution in [0.15, 0.2) is 36.5 Å². The third-order valence-electron chi connectivity index (χ3n) is 3.12. The van der Waals surface area contributed by atoms with Gasteiger partial charge >= 0.3 is 0 Å². The predicted octanol–water partition coefficient (Wildman–Crippen LogP) is 2.30. The number of hydrogen-bond acceptors (Lipinski definition) is 4. The maximum atomic E-state index is 12.1. The Hall–Kier alpha value is -2.70. The molecule has 0 saturated heterocycles. The van der Waals surface area contributed by atoms with Gasteiger partial charge in [0.1, 0.15) is 0 Å². The van der Waals surface area contributed by atoms with Crippen molar-refractivity contribution >= 4 is 11.6 Å². The van der Waals surface area contributed by atoms with E-state index in [1.54, 1.807) is 4.68 Å². The number of benzene rings is 1. The first-order chi connectivity index (χ1) is 10.0. The molecule has 1 atom stereocenters. The predicted molar refractivity (Wildman–Crippen MR) is 76.9 cm³/mol. The Kier molecular flexibility index (Phi) is 4.32. The number of nitro benzene ring substituents is 1. The van der Waals surface area contributed by atoms with Crippen molar-refractivity contribution in [1.82, 2.24) is 15.1 Å². The fraction of sp³-hybridized carbons (Fsp3) is 0.286. The van der Waals surface area contributed by atoms with Crippen LogP contribution in [0.25, 0.3) is 0 Å². The van der Waals surface area contributed by atoms with Crippen molar-refractivity contribution < 1.29 is 9.72 Å². The molecule has 0 radical (unpaired) electrons. The van der Waals surface area contributed by atoms with Crippen molar-refractivity contribution in [1.29, 1.82) is 0 Å². The monoisotopic (exact) mass is 288 g/mol. The van der Waals surface area contributed by atoms with Crippen molar-refractivity contribution in [3.8, 4) is 0 Å². The summed E-state index contributed by atoms with van der Waals surface area (Å²) in [6.07, 6.45) is 1.85. The number of nitro groups is 1. The number of non-ortho nitro benzene ring substituents is 1. The van der Waals surface area contributed by atoms with Crippen molar-refractivity contribution in [2.75, 3.05) is 0 Å². The zero-order chi connectivity index (χ0) is 15.4. The summed E-state index contributed by atoms with van der Waals surface area (Å²) in [7, 11) is 0. The lowest BCUT2D eigenvalue weighted by atomic mass is 10.1.